The highest BCUT2D eigenvalue weighted by Gasteiger charge is 2.17. The van der Waals surface area contributed by atoms with Gasteiger partial charge in [0.1, 0.15) is 5.69 Å². The first kappa shape index (κ1) is 13.4. The number of ether oxygens (including phenoxy) is 1. The van der Waals surface area contributed by atoms with Crippen LogP contribution in [0.3, 0.4) is 0 Å². The number of nitrogens with zero attached hydrogens (tertiary/aromatic N) is 1. The smallest absolute Gasteiger partial charge is 0.310 e. The minimum absolute atomic E-state index is 0.0322. The highest BCUT2D eigenvalue weighted by atomic mass is 79.9. The summed E-state index contributed by atoms with van der Waals surface area (Å²) in [6, 6.07) is 2.68. The fourth-order valence-corrected chi connectivity index (χ4v) is 1.78. The number of anilines is 1. The average molecular weight is 303 g/mol. The van der Waals surface area contributed by atoms with Crippen LogP contribution in [-0.2, 0) is 16.0 Å². The third-order valence-electron chi connectivity index (χ3n) is 2.03. The molecule has 0 fully saturated rings. The molecule has 0 saturated carbocycles. The maximum atomic E-state index is 11.3. The van der Waals surface area contributed by atoms with Gasteiger partial charge in [0.15, 0.2) is 0 Å². The topological polar surface area (TPSA) is 95.5 Å². The van der Waals surface area contributed by atoms with Crippen molar-refractivity contribution in [3.05, 3.63) is 32.3 Å². The van der Waals surface area contributed by atoms with Crippen LogP contribution in [0.25, 0.3) is 0 Å². The van der Waals surface area contributed by atoms with Gasteiger partial charge >= 0.3 is 5.97 Å². The molecule has 0 aliphatic heterocycles. The number of nitrogens with two attached hydrogens (primary N) is 1. The Labute approximate surface area is 106 Å². The first-order chi connectivity index (χ1) is 7.95. The molecular formula is C10H11BrN2O4. The van der Waals surface area contributed by atoms with Crippen LogP contribution in [-0.4, -0.2) is 17.5 Å². The Bertz CT molecular complexity index is 462. The number of esters is 1. The van der Waals surface area contributed by atoms with Gasteiger partial charge < -0.3 is 10.5 Å². The standard InChI is InChI=1S/C10H11BrN2O4/c1-2-17-10(14)4-6-3-9(13(15)16)8(12)5-7(6)11/h3,5H,2,4,12H2,1H3. The van der Waals surface area contributed by atoms with Crippen molar-refractivity contribution in [3.8, 4) is 0 Å². The van der Waals surface area contributed by atoms with Crippen LogP contribution in [0.5, 0.6) is 0 Å². The highest BCUT2D eigenvalue weighted by molar-refractivity contribution is 9.10. The Kier molecular flexibility index (Phi) is 4.45. The van der Waals surface area contributed by atoms with E-state index in [1.165, 1.54) is 12.1 Å². The Morgan fingerprint density at radius 1 is 1.59 bits per heavy atom. The van der Waals surface area contributed by atoms with Gasteiger partial charge in [-0.05, 0) is 18.6 Å². The average Bonchev–Trinajstić information content (AvgIpc) is 2.21. The Balaban J connectivity index is 3.03. The van der Waals surface area contributed by atoms with Crippen molar-refractivity contribution in [2.75, 3.05) is 12.3 Å². The molecule has 0 radical (unpaired) electrons. The molecule has 6 nitrogen and oxygen atoms in total. The van der Waals surface area contributed by atoms with E-state index in [9.17, 15) is 14.9 Å². The Hall–Kier alpha value is -1.63. The largest absolute Gasteiger partial charge is 0.466 e. The number of halogens is 1. The second-order valence-electron chi connectivity index (χ2n) is 3.24. The number of nitro benzene ring substituents is 1. The van der Waals surface area contributed by atoms with Crippen molar-refractivity contribution in [1.82, 2.24) is 0 Å². The number of rotatable bonds is 4. The minimum atomic E-state index is -0.587. The van der Waals surface area contributed by atoms with Crippen LogP contribution >= 0.6 is 15.9 Å². The van der Waals surface area contributed by atoms with Gasteiger partial charge in [0.2, 0.25) is 0 Å². The quantitative estimate of drug-likeness (QED) is 0.397. The molecule has 0 atom stereocenters. The molecule has 0 spiro atoms. The van der Waals surface area contributed by atoms with Crippen LogP contribution < -0.4 is 5.73 Å². The molecule has 1 aromatic carbocycles. The molecule has 0 saturated heterocycles. The third kappa shape index (κ3) is 3.42. The van der Waals surface area contributed by atoms with E-state index in [0.717, 1.165) is 0 Å². The zero-order chi connectivity index (χ0) is 13.0. The van der Waals surface area contributed by atoms with Gasteiger partial charge in [0, 0.05) is 10.5 Å². The second-order valence-corrected chi connectivity index (χ2v) is 4.10. The van der Waals surface area contributed by atoms with Gasteiger partial charge in [-0.15, -0.1) is 0 Å². The van der Waals surface area contributed by atoms with Crippen molar-refractivity contribution < 1.29 is 14.5 Å². The monoisotopic (exact) mass is 302 g/mol. The van der Waals surface area contributed by atoms with Crippen molar-refractivity contribution in [3.63, 3.8) is 0 Å². The first-order valence-electron chi connectivity index (χ1n) is 4.83. The fourth-order valence-electron chi connectivity index (χ4n) is 1.28. The highest BCUT2D eigenvalue weighted by Crippen LogP contribution is 2.29. The van der Waals surface area contributed by atoms with Crippen LogP contribution in [0.15, 0.2) is 16.6 Å². The number of benzene rings is 1. The number of hydrogen-bond acceptors (Lipinski definition) is 5. The lowest BCUT2D eigenvalue weighted by Gasteiger charge is -2.06. The summed E-state index contributed by atoms with van der Waals surface area (Å²) in [6.45, 7) is 1.96. The van der Waals surface area contributed by atoms with Crippen molar-refractivity contribution in [1.29, 1.82) is 0 Å². The van der Waals surface area contributed by atoms with Gasteiger partial charge in [-0.3, -0.25) is 14.9 Å². The van der Waals surface area contributed by atoms with Crippen molar-refractivity contribution >= 4 is 33.3 Å². The lowest BCUT2D eigenvalue weighted by molar-refractivity contribution is -0.384. The number of carbonyl (C=O) groups is 1. The van der Waals surface area contributed by atoms with Crippen LogP contribution in [0.4, 0.5) is 11.4 Å². The fraction of sp³-hybridized carbons (Fsp3) is 0.300. The molecule has 0 aliphatic rings. The van der Waals surface area contributed by atoms with Crippen molar-refractivity contribution in [2.24, 2.45) is 0 Å². The Morgan fingerprint density at radius 2 is 2.24 bits per heavy atom. The lowest BCUT2D eigenvalue weighted by atomic mass is 10.1. The molecule has 2 N–H and O–H groups in total. The third-order valence-corrected chi connectivity index (χ3v) is 2.77. The summed E-state index contributed by atoms with van der Waals surface area (Å²) in [5, 5.41) is 10.7. The maximum absolute atomic E-state index is 11.3. The number of nitro groups is 1. The molecule has 7 heteroatoms. The van der Waals surface area contributed by atoms with E-state index in [0.29, 0.717) is 10.0 Å². The van der Waals surface area contributed by atoms with E-state index < -0.39 is 10.9 Å². The van der Waals surface area contributed by atoms with Crippen molar-refractivity contribution in [2.45, 2.75) is 13.3 Å². The summed E-state index contributed by atoms with van der Waals surface area (Å²) < 4.78 is 5.32. The SMILES string of the molecule is CCOC(=O)Cc1cc([N+](=O)[O-])c(N)cc1Br. The molecule has 0 heterocycles. The van der Waals surface area contributed by atoms with Gasteiger partial charge in [-0.2, -0.15) is 0 Å². The summed E-state index contributed by atoms with van der Waals surface area (Å²) in [7, 11) is 0. The zero-order valence-electron chi connectivity index (χ0n) is 9.10. The summed E-state index contributed by atoms with van der Waals surface area (Å²) in [5.74, 6) is -0.438. The molecule has 0 aliphatic carbocycles. The zero-order valence-corrected chi connectivity index (χ0v) is 10.7. The van der Waals surface area contributed by atoms with Gasteiger partial charge in [0.05, 0.1) is 18.0 Å². The predicted molar refractivity (Wildman–Crippen MR) is 65.5 cm³/mol. The molecule has 0 unspecified atom stereocenters. The normalized spacial score (nSPS) is 10.0. The molecular weight excluding hydrogens is 292 g/mol. The summed E-state index contributed by atoms with van der Waals surface area (Å²) in [6.07, 6.45) is -0.0322. The number of hydrogen-bond donors (Lipinski definition) is 1. The molecule has 92 valence electrons. The van der Waals surface area contributed by atoms with Gasteiger partial charge in [-0.25, -0.2) is 0 Å². The van der Waals surface area contributed by atoms with E-state index in [2.05, 4.69) is 15.9 Å². The van der Waals surface area contributed by atoms with Gasteiger partial charge in [-0.1, -0.05) is 15.9 Å². The van der Waals surface area contributed by atoms with E-state index in [-0.39, 0.29) is 24.4 Å². The Morgan fingerprint density at radius 3 is 2.76 bits per heavy atom. The predicted octanol–water partition coefficient (Wildman–Crippen LogP) is 2.05. The molecule has 1 rings (SSSR count). The molecule has 1 aromatic rings. The second kappa shape index (κ2) is 5.62. The molecule has 17 heavy (non-hydrogen) atoms. The van der Waals surface area contributed by atoms with E-state index in [4.69, 9.17) is 10.5 Å². The van der Waals surface area contributed by atoms with E-state index in [1.807, 2.05) is 0 Å². The number of nitrogen functional groups attached to an aromatic ring is 1. The summed E-state index contributed by atoms with van der Waals surface area (Å²) in [4.78, 5) is 21.4. The number of carbonyl (C=O) groups excluding carboxylic acids is 1. The summed E-state index contributed by atoms with van der Waals surface area (Å²) in [5.41, 5.74) is 5.80. The maximum Gasteiger partial charge on any atom is 0.310 e. The first-order valence-corrected chi connectivity index (χ1v) is 5.63. The molecule has 0 bridgehead atoms. The van der Waals surface area contributed by atoms with E-state index >= 15 is 0 Å². The van der Waals surface area contributed by atoms with Gasteiger partial charge in [0.25, 0.3) is 5.69 Å². The molecule has 0 amide bonds. The van der Waals surface area contributed by atoms with Crippen LogP contribution in [0.2, 0.25) is 0 Å². The molecule has 0 aromatic heterocycles. The lowest BCUT2D eigenvalue weighted by Crippen LogP contribution is -2.08. The summed E-state index contributed by atoms with van der Waals surface area (Å²) >= 11 is 3.20. The van der Waals surface area contributed by atoms with E-state index in [1.54, 1.807) is 6.92 Å². The van der Waals surface area contributed by atoms with Crippen LogP contribution in [0.1, 0.15) is 12.5 Å². The minimum Gasteiger partial charge on any atom is -0.466 e. The van der Waals surface area contributed by atoms with Crippen LogP contribution in [0, 0.1) is 10.1 Å².